The summed E-state index contributed by atoms with van der Waals surface area (Å²) in [6, 6.07) is 4.76. The molecule has 0 atom stereocenters. The number of aromatic nitrogens is 1. The van der Waals surface area contributed by atoms with Gasteiger partial charge in [-0.05, 0) is 25.1 Å². The lowest BCUT2D eigenvalue weighted by Gasteiger charge is -2.11. The van der Waals surface area contributed by atoms with Crippen LogP contribution < -0.4 is 5.73 Å². The first-order valence-electron chi connectivity index (χ1n) is 5.73. The normalized spacial score (nSPS) is 14.1. The molecule has 2 aromatic rings. The van der Waals surface area contributed by atoms with Crippen LogP contribution in [0.3, 0.4) is 0 Å². The lowest BCUT2D eigenvalue weighted by atomic mass is 10.1. The minimum atomic E-state index is -0.307. The number of hydrogen-bond donors (Lipinski definition) is 1. The molecule has 2 N–H and O–H groups in total. The minimum absolute atomic E-state index is 0.205. The van der Waals surface area contributed by atoms with Crippen molar-refractivity contribution in [2.45, 2.75) is 13.5 Å². The zero-order chi connectivity index (χ0) is 13.6. The fourth-order valence-corrected chi connectivity index (χ4v) is 2.70. The molecular weight excluding hydrogens is 262 g/mol. The van der Waals surface area contributed by atoms with Crippen molar-refractivity contribution < 1.29 is 9.59 Å². The molecule has 0 fully saturated rings. The summed E-state index contributed by atoms with van der Waals surface area (Å²) in [5, 5.41) is 2.77. The summed E-state index contributed by atoms with van der Waals surface area (Å²) in [5.74, 6) is -0.594. The monoisotopic (exact) mass is 273 g/mol. The molecule has 3 rings (SSSR count). The van der Waals surface area contributed by atoms with Crippen LogP contribution in [0.4, 0.5) is 5.69 Å². The highest BCUT2D eigenvalue weighted by Crippen LogP contribution is 2.26. The Balaban J connectivity index is 1.94. The number of rotatable bonds is 2. The van der Waals surface area contributed by atoms with E-state index in [0.717, 1.165) is 10.7 Å². The molecule has 0 spiro atoms. The second-order valence-electron chi connectivity index (χ2n) is 4.36. The highest BCUT2D eigenvalue weighted by molar-refractivity contribution is 7.09. The summed E-state index contributed by atoms with van der Waals surface area (Å²) < 4.78 is 0. The number of nitrogens with zero attached hydrogens (tertiary/aromatic N) is 2. The summed E-state index contributed by atoms with van der Waals surface area (Å²) in [6.45, 7) is 2.09. The Bertz CT molecular complexity index is 693. The minimum Gasteiger partial charge on any atom is -0.399 e. The van der Waals surface area contributed by atoms with Crippen molar-refractivity contribution in [2.24, 2.45) is 0 Å². The Morgan fingerprint density at radius 2 is 2.00 bits per heavy atom. The van der Waals surface area contributed by atoms with Gasteiger partial charge >= 0.3 is 0 Å². The first-order chi connectivity index (χ1) is 9.06. The van der Waals surface area contributed by atoms with Gasteiger partial charge in [0.1, 0.15) is 0 Å². The number of amides is 2. The van der Waals surface area contributed by atoms with Gasteiger partial charge in [-0.2, -0.15) is 0 Å². The van der Waals surface area contributed by atoms with Gasteiger partial charge < -0.3 is 5.73 Å². The topological polar surface area (TPSA) is 76.3 Å². The van der Waals surface area contributed by atoms with Gasteiger partial charge in [0.2, 0.25) is 0 Å². The molecule has 0 bridgehead atoms. The van der Waals surface area contributed by atoms with E-state index in [4.69, 9.17) is 5.73 Å². The van der Waals surface area contributed by atoms with Crippen LogP contribution in [0.2, 0.25) is 0 Å². The van der Waals surface area contributed by atoms with Gasteiger partial charge in [-0.1, -0.05) is 0 Å². The van der Waals surface area contributed by atoms with E-state index < -0.39 is 0 Å². The number of nitrogens with two attached hydrogens (primary N) is 1. The van der Waals surface area contributed by atoms with Gasteiger partial charge in [0.25, 0.3) is 11.8 Å². The number of imide groups is 1. The Kier molecular flexibility index (Phi) is 2.60. The van der Waals surface area contributed by atoms with Gasteiger partial charge in [0.05, 0.1) is 28.4 Å². The number of thiazole rings is 1. The fraction of sp³-hybridized carbons (Fsp3) is 0.154. The third-order valence-electron chi connectivity index (χ3n) is 2.98. The standard InChI is InChI=1S/C13H11N3O2S/c1-7-15-9(6-19-7)5-16-12(17)10-3-2-8(14)4-11(10)13(16)18/h2-4,6H,5,14H2,1H3. The number of hydrogen-bond acceptors (Lipinski definition) is 5. The molecule has 1 aromatic carbocycles. The van der Waals surface area contributed by atoms with Crippen LogP contribution in [0.25, 0.3) is 0 Å². The Morgan fingerprint density at radius 1 is 1.26 bits per heavy atom. The molecule has 6 heteroatoms. The van der Waals surface area contributed by atoms with Gasteiger partial charge in [-0.3, -0.25) is 14.5 Å². The maximum atomic E-state index is 12.2. The zero-order valence-electron chi connectivity index (χ0n) is 10.2. The molecule has 0 radical (unpaired) electrons. The van der Waals surface area contributed by atoms with Crippen molar-refractivity contribution in [3.05, 3.63) is 45.4 Å². The van der Waals surface area contributed by atoms with Gasteiger partial charge in [-0.15, -0.1) is 11.3 Å². The van der Waals surface area contributed by atoms with E-state index in [2.05, 4.69) is 4.98 Å². The van der Waals surface area contributed by atoms with E-state index in [9.17, 15) is 9.59 Å². The number of nitrogen functional groups attached to an aromatic ring is 1. The molecule has 1 aliphatic rings. The van der Waals surface area contributed by atoms with Crippen molar-refractivity contribution in [1.29, 1.82) is 0 Å². The highest BCUT2D eigenvalue weighted by atomic mass is 32.1. The SMILES string of the molecule is Cc1nc(CN2C(=O)c3ccc(N)cc3C2=O)cs1. The average molecular weight is 273 g/mol. The van der Waals surface area contributed by atoms with Crippen molar-refractivity contribution in [1.82, 2.24) is 9.88 Å². The van der Waals surface area contributed by atoms with Gasteiger partial charge in [0, 0.05) is 11.1 Å². The van der Waals surface area contributed by atoms with E-state index in [0.29, 0.717) is 16.8 Å². The number of benzene rings is 1. The molecule has 19 heavy (non-hydrogen) atoms. The smallest absolute Gasteiger partial charge is 0.261 e. The van der Waals surface area contributed by atoms with Crippen molar-refractivity contribution in [2.75, 3.05) is 5.73 Å². The number of fused-ring (bicyclic) bond motifs is 1. The first-order valence-corrected chi connectivity index (χ1v) is 6.61. The van der Waals surface area contributed by atoms with Crippen molar-refractivity contribution in [3.63, 3.8) is 0 Å². The van der Waals surface area contributed by atoms with E-state index in [-0.39, 0.29) is 18.4 Å². The van der Waals surface area contributed by atoms with E-state index in [1.165, 1.54) is 16.2 Å². The lowest BCUT2D eigenvalue weighted by molar-refractivity contribution is 0.0640. The number of carbonyl (C=O) groups is 2. The summed E-state index contributed by atoms with van der Waals surface area (Å²) in [7, 11) is 0. The Hall–Kier alpha value is -2.21. The molecular formula is C13H11N3O2S. The molecule has 2 heterocycles. The second-order valence-corrected chi connectivity index (χ2v) is 5.42. The second kappa shape index (κ2) is 4.17. The predicted octanol–water partition coefficient (Wildman–Crippen LogP) is 1.83. The zero-order valence-corrected chi connectivity index (χ0v) is 11.0. The molecule has 2 amide bonds. The molecule has 0 unspecified atom stereocenters. The maximum absolute atomic E-state index is 12.2. The van der Waals surface area contributed by atoms with Crippen LogP contribution in [0, 0.1) is 6.92 Å². The molecule has 0 aliphatic carbocycles. The van der Waals surface area contributed by atoms with E-state index in [1.807, 2.05) is 12.3 Å². The van der Waals surface area contributed by atoms with Gasteiger partial charge in [-0.25, -0.2) is 4.98 Å². The van der Waals surface area contributed by atoms with Crippen LogP contribution in [-0.2, 0) is 6.54 Å². The van der Waals surface area contributed by atoms with Crippen molar-refractivity contribution in [3.8, 4) is 0 Å². The number of anilines is 1. The summed E-state index contributed by atoms with van der Waals surface area (Å²) in [6.07, 6.45) is 0. The fourth-order valence-electron chi connectivity index (χ4n) is 2.09. The van der Waals surface area contributed by atoms with Crippen LogP contribution in [0.5, 0.6) is 0 Å². The molecule has 96 valence electrons. The Labute approximate surface area is 113 Å². The average Bonchev–Trinajstić information content (AvgIpc) is 2.88. The lowest BCUT2D eigenvalue weighted by Crippen LogP contribution is -2.29. The van der Waals surface area contributed by atoms with Crippen LogP contribution >= 0.6 is 11.3 Å². The summed E-state index contributed by atoms with van der Waals surface area (Å²) in [4.78, 5) is 29.8. The summed E-state index contributed by atoms with van der Waals surface area (Å²) in [5.41, 5.74) is 7.63. The molecule has 1 aliphatic heterocycles. The van der Waals surface area contributed by atoms with Gasteiger partial charge in [0.15, 0.2) is 0 Å². The third-order valence-corrected chi connectivity index (χ3v) is 3.80. The third kappa shape index (κ3) is 1.90. The Morgan fingerprint density at radius 3 is 2.68 bits per heavy atom. The molecule has 0 saturated heterocycles. The largest absolute Gasteiger partial charge is 0.399 e. The summed E-state index contributed by atoms with van der Waals surface area (Å²) >= 11 is 1.50. The molecule has 0 saturated carbocycles. The predicted molar refractivity (Wildman–Crippen MR) is 71.9 cm³/mol. The molecule has 1 aromatic heterocycles. The van der Waals surface area contributed by atoms with E-state index >= 15 is 0 Å². The number of aryl methyl sites for hydroxylation is 1. The first kappa shape index (κ1) is 11.9. The van der Waals surface area contributed by atoms with Crippen LogP contribution in [0.1, 0.15) is 31.4 Å². The number of carbonyl (C=O) groups excluding carboxylic acids is 2. The van der Waals surface area contributed by atoms with Crippen LogP contribution in [0.15, 0.2) is 23.6 Å². The molecule has 5 nitrogen and oxygen atoms in total. The van der Waals surface area contributed by atoms with E-state index in [1.54, 1.807) is 18.2 Å². The maximum Gasteiger partial charge on any atom is 0.261 e. The van der Waals surface area contributed by atoms with Crippen molar-refractivity contribution >= 4 is 28.8 Å². The highest BCUT2D eigenvalue weighted by Gasteiger charge is 2.35. The van der Waals surface area contributed by atoms with Crippen LogP contribution in [-0.4, -0.2) is 21.7 Å². The quantitative estimate of drug-likeness (QED) is 0.669.